The first kappa shape index (κ1) is 33.9. The molecule has 0 spiro atoms. The van der Waals surface area contributed by atoms with Gasteiger partial charge in [0.25, 0.3) is 0 Å². The van der Waals surface area contributed by atoms with Gasteiger partial charge in [-0.25, -0.2) is 0 Å². The molecule has 0 unspecified atom stereocenters. The fourth-order valence-electron chi connectivity index (χ4n) is 9.08. The Morgan fingerprint density at radius 3 is 1.90 bits per heavy atom. The van der Waals surface area contributed by atoms with E-state index < -0.39 is 37.1 Å². The summed E-state index contributed by atoms with van der Waals surface area (Å²) in [5.74, 6) is 1.60. The van der Waals surface area contributed by atoms with Crippen LogP contribution in [-0.2, 0) is 24.8 Å². The Balaban J connectivity index is 1.06. The van der Waals surface area contributed by atoms with E-state index >= 15 is 0 Å². The zero-order valence-electron chi connectivity index (χ0n) is 44.9. The zero-order chi connectivity index (χ0) is 52.5. The van der Waals surface area contributed by atoms with Gasteiger partial charge >= 0.3 is 332 Å². The number of pyridine rings is 1. The predicted molar refractivity (Wildman–Crippen MR) is 273 cm³/mol. The zero-order valence-corrected chi connectivity index (χ0v) is 39.2. The molecule has 0 saturated heterocycles. The summed E-state index contributed by atoms with van der Waals surface area (Å²) in [6.45, 7) is 3.48. The molecule has 1 aliphatic rings. The molecule has 0 atom stereocenters. The molecule has 6 nitrogen and oxygen atoms in total. The topological polar surface area (TPSA) is 38.5 Å². The van der Waals surface area contributed by atoms with Crippen molar-refractivity contribution in [2.75, 3.05) is 9.62 Å². The van der Waals surface area contributed by atoms with Gasteiger partial charge in [-0.3, -0.25) is 0 Å². The Kier molecular flexibility index (Phi) is 8.81. The monoisotopic (exact) mass is 1060 g/mol. The molecular weight excluding hydrogens is 1000 g/mol. The van der Waals surface area contributed by atoms with E-state index in [2.05, 4.69) is 109 Å². The van der Waals surface area contributed by atoms with Crippen molar-refractivity contribution in [1.29, 1.82) is 0 Å². The van der Waals surface area contributed by atoms with E-state index in [9.17, 15) is 2.74 Å². The number of nitrogens with zero attached hydrogens (tertiary/aromatic N) is 5. The maximum atomic E-state index is 9.24. The van der Waals surface area contributed by atoms with Crippen LogP contribution in [-0.4, -0.2) is 21.1 Å². The first-order chi connectivity index (χ1) is 36.0. The average Bonchev–Trinajstić information content (AvgIpc) is 3.93. The van der Waals surface area contributed by atoms with E-state index in [0.717, 1.165) is 44.8 Å². The molecule has 11 rings (SSSR count). The van der Waals surface area contributed by atoms with Crippen molar-refractivity contribution in [2.24, 2.45) is 0 Å². The second-order valence-corrected chi connectivity index (χ2v) is 18.4. The maximum absolute atomic E-state index is 9.24. The molecule has 10 aromatic rings. The van der Waals surface area contributed by atoms with Gasteiger partial charge in [0.1, 0.15) is 0 Å². The van der Waals surface area contributed by atoms with Gasteiger partial charge in [0.15, 0.2) is 0 Å². The average molecular weight is 1060 g/mol. The molecule has 2 aromatic heterocycles. The second-order valence-electron chi connectivity index (χ2n) is 17.4. The third-order valence-corrected chi connectivity index (χ3v) is 13.2. The number of ether oxygens (including phenoxy) is 1. The molecule has 1 aliphatic heterocycles. The van der Waals surface area contributed by atoms with Crippen molar-refractivity contribution < 1.29 is 35.1 Å². The van der Waals surface area contributed by atoms with Crippen molar-refractivity contribution >= 4 is 46.4 Å². The third kappa shape index (κ3) is 7.83. The summed E-state index contributed by atoms with van der Waals surface area (Å²) in [7, 11) is 0. The number of fused-ring (bicyclic) bond motifs is 2. The van der Waals surface area contributed by atoms with Crippen molar-refractivity contribution in [3.63, 3.8) is 0 Å². The summed E-state index contributed by atoms with van der Waals surface area (Å²) in [6, 6.07) is 58.9. The van der Waals surface area contributed by atoms with Gasteiger partial charge in [0, 0.05) is 5.69 Å². The first-order valence-corrected chi connectivity index (χ1v) is 23.2. The number of aryl methyl sites for hydroxylation is 1. The molecule has 328 valence electrons. The van der Waals surface area contributed by atoms with E-state index in [4.69, 9.17) is 17.9 Å². The summed E-state index contributed by atoms with van der Waals surface area (Å²) >= 11 is 2.25. The van der Waals surface area contributed by atoms with Gasteiger partial charge in [-0.05, 0) is 18.2 Å². The number of imidazole rings is 1. The van der Waals surface area contributed by atoms with Crippen LogP contribution in [0.3, 0.4) is 0 Å². The molecule has 8 aromatic carbocycles. The molecule has 0 saturated carbocycles. The number of rotatable bonds is 9. The minimum atomic E-state index is -2.62. The van der Waals surface area contributed by atoms with Gasteiger partial charge in [-0.15, -0.1) is 0 Å². The molecule has 0 N–H and O–H groups in total. The fraction of sp³-hybridized carbons (Fsp3) is 0.0847. The van der Waals surface area contributed by atoms with E-state index in [0.29, 0.717) is 38.1 Å². The van der Waals surface area contributed by atoms with Gasteiger partial charge < -0.3 is 0 Å². The molecule has 67 heavy (non-hydrogen) atoms. The number of benzene rings is 8. The van der Waals surface area contributed by atoms with Crippen molar-refractivity contribution in [1.82, 2.24) is 14.1 Å². The Hall–Kier alpha value is -7.47. The minimum absolute atomic E-state index is 0.0388. The van der Waals surface area contributed by atoms with Gasteiger partial charge in [-0.2, -0.15) is 0 Å². The molecular formula is C59H48BN5OPt. The Labute approximate surface area is 414 Å². The number of anilines is 4. The fourth-order valence-corrected chi connectivity index (χ4v) is 10.2. The third-order valence-electron chi connectivity index (χ3n) is 12.1. The number of hydrogen-bond acceptors (Lipinski definition) is 4. The van der Waals surface area contributed by atoms with Crippen LogP contribution in [0.25, 0.3) is 44.7 Å². The van der Waals surface area contributed by atoms with Gasteiger partial charge in [-0.1, -0.05) is 60.7 Å². The quantitative estimate of drug-likeness (QED) is 0.135. The van der Waals surface area contributed by atoms with Gasteiger partial charge in [0.05, 0.1) is 0 Å². The summed E-state index contributed by atoms with van der Waals surface area (Å²) in [5, 5.41) is 0. The Morgan fingerprint density at radius 1 is 0.582 bits per heavy atom. The molecule has 0 fully saturated rings. The van der Waals surface area contributed by atoms with Crippen LogP contribution in [0.15, 0.2) is 218 Å². The van der Waals surface area contributed by atoms with Crippen LogP contribution in [0, 0.1) is 10.7 Å². The summed E-state index contributed by atoms with van der Waals surface area (Å²) < 4.78 is 81.8. The molecule has 0 radical (unpaired) electrons. The Morgan fingerprint density at radius 2 is 1.19 bits per heavy atom. The first-order valence-electron chi connectivity index (χ1n) is 26.1. The van der Waals surface area contributed by atoms with E-state index in [1.54, 1.807) is 6.07 Å². The van der Waals surface area contributed by atoms with Crippen LogP contribution in [0.5, 0.6) is 11.6 Å². The Bertz CT molecular complexity index is 3870. The van der Waals surface area contributed by atoms with Crippen molar-refractivity contribution in [2.45, 2.75) is 33.0 Å². The normalized spacial score (nSPS) is 14.4. The molecule has 3 heterocycles. The summed E-state index contributed by atoms with van der Waals surface area (Å²) in [4.78, 5) is 9.75. The molecule has 0 bridgehead atoms. The summed E-state index contributed by atoms with van der Waals surface area (Å²) in [6.07, 6.45) is 0. The van der Waals surface area contributed by atoms with Crippen molar-refractivity contribution in [3.8, 4) is 45.3 Å². The van der Waals surface area contributed by atoms with Gasteiger partial charge in [0.2, 0.25) is 0 Å². The summed E-state index contributed by atoms with van der Waals surface area (Å²) in [5.41, 5.74) is 8.96. The van der Waals surface area contributed by atoms with Crippen LogP contribution in [0.4, 0.5) is 22.9 Å². The standard InChI is InChI=1S/C59H48BN5O.Pt/c1-42-38-50(43-20-8-5-9-21-43)58(51(39-42)44-34-36-45(37-35-44)59(2,3)4)63-41-62(52-28-14-15-29-53(52)63)48-26-18-27-49(40-48)66-57-33-19-32-56(61-57)65-55-31-17-16-30-54(55)64(47-24-12-7-13-25-47)60(65)46-22-10-6-11-23-46;/h5-40H,1-4H3;/i1D3,5D,8D,9D,20D,21D;. The van der Waals surface area contributed by atoms with Crippen LogP contribution in [0.1, 0.15) is 42.9 Å². The number of para-hydroxylation sites is 5. The van der Waals surface area contributed by atoms with E-state index in [1.165, 1.54) is 6.07 Å². The molecule has 0 amide bonds. The van der Waals surface area contributed by atoms with Crippen LogP contribution >= 0.6 is 0 Å². The number of hydrogen-bond donors (Lipinski definition) is 0. The van der Waals surface area contributed by atoms with Crippen LogP contribution in [0.2, 0.25) is 0 Å². The predicted octanol–water partition coefficient (Wildman–Crippen LogP) is 14.3. The SMILES string of the molecule is [2H]c1c([2H])c([2H])c(-c2cc(C([2H])([2H])[2H])cc(-c3ccc(C(C)(C)C)cc3)c2-n2[c](=[Pt])n(-c3cccc(Oc4cccc(N5B(c6ccccc6)N(c6ccccc6)c6ccccc65)n4)c3)c3ccccc32)c([2H])c1[2H]. The molecule has 8 heteroatoms. The second kappa shape index (κ2) is 17.4. The number of aromatic nitrogens is 3. The van der Waals surface area contributed by atoms with E-state index in [1.807, 2.05) is 126 Å². The molecule has 0 aliphatic carbocycles. The van der Waals surface area contributed by atoms with Crippen molar-refractivity contribution in [3.05, 3.63) is 233 Å². The van der Waals surface area contributed by atoms with Crippen LogP contribution < -0.4 is 19.8 Å². The van der Waals surface area contributed by atoms with E-state index in [-0.39, 0.29) is 29.1 Å².